The molecule has 1 aliphatic carbocycles. The highest BCUT2D eigenvalue weighted by molar-refractivity contribution is 6.00. The zero-order chi connectivity index (χ0) is 16.1. The van der Waals surface area contributed by atoms with Crippen LogP contribution in [0, 0.1) is 6.92 Å². The predicted molar refractivity (Wildman–Crippen MR) is 76.6 cm³/mol. The molecule has 3 heterocycles. The van der Waals surface area contributed by atoms with Crippen LogP contribution in [0.2, 0.25) is 0 Å². The van der Waals surface area contributed by atoms with Crippen molar-refractivity contribution in [1.82, 2.24) is 24.4 Å². The zero-order valence-electron chi connectivity index (χ0n) is 12.3. The van der Waals surface area contributed by atoms with Gasteiger partial charge in [0.15, 0.2) is 5.65 Å². The Labute approximate surface area is 129 Å². The Bertz CT molecular complexity index is 910. The van der Waals surface area contributed by atoms with E-state index in [1.807, 2.05) is 6.92 Å². The number of halogens is 2. The second-order valence-corrected chi connectivity index (χ2v) is 5.74. The van der Waals surface area contributed by atoms with E-state index in [2.05, 4.69) is 15.2 Å². The Morgan fingerprint density at radius 2 is 2.09 bits per heavy atom. The Morgan fingerprint density at radius 1 is 1.30 bits per heavy atom. The molecule has 1 aliphatic rings. The van der Waals surface area contributed by atoms with E-state index < -0.39 is 12.3 Å². The summed E-state index contributed by atoms with van der Waals surface area (Å²) >= 11 is 0. The number of rotatable bonds is 3. The van der Waals surface area contributed by atoms with Crippen LogP contribution in [0.4, 0.5) is 8.78 Å². The van der Waals surface area contributed by atoms with E-state index in [0.29, 0.717) is 5.69 Å². The average molecular weight is 317 g/mol. The molecule has 1 fully saturated rings. The second-order valence-electron chi connectivity index (χ2n) is 5.74. The number of fused-ring (bicyclic) bond motifs is 1. The molecule has 23 heavy (non-hydrogen) atoms. The molecule has 4 rings (SSSR count). The van der Waals surface area contributed by atoms with Crippen molar-refractivity contribution in [3.63, 3.8) is 0 Å². The molecule has 0 radical (unpaired) electrons. The summed E-state index contributed by atoms with van der Waals surface area (Å²) in [7, 11) is 0. The van der Waals surface area contributed by atoms with Gasteiger partial charge in [-0.1, -0.05) is 0 Å². The molecular formula is C15H13F2N5O. The van der Waals surface area contributed by atoms with E-state index >= 15 is 0 Å². The SMILES string of the molecule is Cc1cnn(C(=O)c2cnn3c(C(F)F)cc(C4CC4)nc23)c1. The summed E-state index contributed by atoms with van der Waals surface area (Å²) in [5.41, 5.74) is 1.50. The summed E-state index contributed by atoms with van der Waals surface area (Å²) < 4.78 is 28.8. The van der Waals surface area contributed by atoms with Crippen molar-refractivity contribution in [1.29, 1.82) is 0 Å². The topological polar surface area (TPSA) is 65.1 Å². The number of carbonyl (C=O) groups is 1. The van der Waals surface area contributed by atoms with Gasteiger partial charge >= 0.3 is 0 Å². The first kappa shape index (κ1) is 14.0. The Hall–Kier alpha value is -2.64. The monoisotopic (exact) mass is 317 g/mol. The summed E-state index contributed by atoms with van der Waals surface area (Å²) in [6.45, 7) is 1.81. The van der Waals surface area contributed by atoms with Crippen LogP contribution in [0.25, 0.3) is 5.65 Å². The van der Waals surface area contributed by atoms with E-state index in [9.17, 15) is 13.6 Å². The molecule has 8 heteroatoms. The van der Waals surface area contributed by atoms with Gasteiger partial charge in [-0.15, -0.1) is 0 Å². The summed E-state index contributed by atoms with van der Waals surface area (Å²) in [5, 5.41) is 7.89. The number of nitrogens with zero attached hydrogens (tertiary/aromatic N) is 5. The lowest BCUT2D eigenvalue weighted by Gasteiger charge is -2.07. The molecule has 0 atom stereocenters. The molecule has 0 N–H and O–H groups in total. The van der Waals surface area contributed by atoms with Gasteiger partial charge in [-0.2, -0.15) is 10.2 Å². The maximum atomic E-state index is 13.3. The molecule has 0 aromatic carbocycles. The molecule has 1 saturated carbocycles. The fraction of sp³-hybridized carbons (Fsp3) is 0.333. The van der Waals surface area contributed by atoms with Crippen LogP contribution in [-0.2, 0) is 0 Å². The summed E-state index contributed by atoms with van der Waals surface area (Å²) in [4.78, 5) is 16.9. The molecule has 0 saturated heterocycles. The number of hydrogen-bond acceptors (Lipinski definition) is 4. The van der Waals surface area contributed by atoms with Crippen molar-refractivity contribution < 1.29 is 13.6 Å². The van der Waals surface area contributed by atoms with Crippen LogP contribution < -0.4 is 0 Å². The van der Waals surface area contributed by atoms with E-state index in [1.165, 1.54) is 16.9 Å². The second kappa shape index (κ2) is 4.94. The van der Waals surface area contributed by atoms with Gasteiger partial charge in [-0.05, 0) is 31.4 Å². The third kappa shape index (κ3) is 2.30. The number of carbonyl (C=O) groups excluding carboxylic acids is 1. The van der Waals surface area contributed by atoms with Crippen molar-refractivity contribution in [2.24, 2.45) is 0 Å². The summed E-state index contributed by atoms with van der Waals surface area (Å²) in [6, 6.07) is 1.38. The van der Waals surface area contributed by atoms with Crippen LogP contribution in [0.3, 0.4) is 0 Å². The van der Waals surface area contributed by atoms with Crippen molar-refractivity contribution in [3.8, 4) is 0 Å². The molecule has 6 nitrogen and oxygen atoms in total. The molecule has 3 aromatic heterocycles. The third-order valence-corrected chi connectivity index (χ3v) is 3.89. The van der Waals surface area contributed by atoms with E-state index in [-0.39, 0.29) is 22.8 Å². The van der Waals surface area contributed by atoms with Gasteiger partial charge in [-0.25, -0.2) is 23.0 Å². The maximum absolute atomic E-state index is 13.3. The van der Waals surface area contributed by atoms with Crippen LogP contribution in [0.5, 0.6) is 0 Å². The van der Waals surface area contributed by atoms with Gasteiger partial charge < -0.3 is 0 Å². The Balaban J connectivity index is 1.89. The van der Waals surface area contributed by atoms with E-state index in [4.69, 9.17) is 0 Å². The smallest absolute Gasteiger partial charge is 0.267 e. The highest BCUT2D eigenvalue weighted by Crippen LogP contribution is 2.40. The minimum absolute atomic E-state index is 0.155. The number of alkyl halides is 2. The van der Waals surface area contributed by atoms with Gasteiger partial charge in [0.1, 0.15) is 11.3 Å². The predicted octanol–water partition coefficient (Wildman–Crippen LogP) is 2.74. The zero-order valence-corrected chi connectivity index (χ0v) is 12.3. The van der Waals surface area contributed by atoms with Gasteiger partial charge in [0, 0.05) is 17.8 Å². The molecule has 3 aromatic rings. The van der Waals surface area contributed by atoms with Crippen molar-refractivity contribution in [2.75, 3.05) is 0 Å². The highest BCUT2D eigenvalue weighted by atomic mass is 19.3. The fourth-order valence-corrected chi connectivity index (χ4v) is 2.55. The molecule has 0 aliphatic heterocycles. The van der Waals surface area contributed by atoms with Crippen molar-refractivity contribution in [2.45, 2.75) is 32.1 Å². The van der Waals surface area contributed by atoms with Crippen LogP contribution in [0.1, 0.15) is 52.5 Å². The molecule has 0 amide bonds. The molecule has 0 unspecified atom stereocenters. The molecule has 0 spiro atoms. The normalized spacial score (nSPS) is 14.8. The first-order valence-corrected chi connectivity index (χ1v) is 7.27. The van der Waals surface area contributed by atoms with Gasteiger partial charge in [0.2, 0.25) is 0 Å². The highest BCUT2D eigenvalue weighted by Gasteiger charge is 2.29. The molecular weight excluding hydrogens is 304 g/mol. The first-order valence-electron chi connectivity index (χ1n) is 7.27. The van der Waals surface area contributed by atoms with E-state index in [0.717, 1.165) is 22.9 Å². The lowest BCUT2D eigenvalue weighted by molar-refractivity contribution is 0.0946. The van der Waals surface area contributed by atoms with Crippen molar-refractivity contribution >= 4 is 11.6 Å². The molecule has 118 valence electrons. The first-order chi connectivity index (χ1) is 11.0. The minimum Gasteiger partial charge on any atom is -0.267 e. The standard InChI is InChI=1S/C15H13F2N5O/c1-8-5-18-21(7-8)15(23)10-6-19-22-12(13(16)17)4-11(9-2-3-9)20-14(10)22/h4-7,9,13H,2-3H2,1H3. The van der Waals surface area contributed by atoms with Gasteiger partial charge in [0.05, 0.1) is 12.4 Å². The maximum Gasteiger partial charge on any atom is 0.283 e. The average Bonchev–Trinajstić information content (AvgIpc) is 3.15. The third-order valence-electron chi connectivity index (χ3n) is 3.89. The summed E-state index contributed by atoms with van der Waals surface area (Å²) in [5.74, 6) is -0.240. The number of aryl methyl sites for hydroxylation is 1. The number of aromatic nitrogens is 5. The van der Waals surface area contributed by atoms with E-state index in [1.54, 1.807) is 12.4 Å². The van der Waals surface area contributed by atoms with Gasteiger partial charge in [-0.3, -0.25) is 4.79 Å². The van der Waals surface area contributed by atoms with Crippen LogP contribution in [-0.4, -0.2) is 30.3 Å². The lowest BCUT2D eigenvalue weighted by Crippen LogP contribution is -2.13. The Morgan fingerprint density at radius 3 is 2.70 bits per heavy atom. The molecule has 0 bridgehead atoms. The quantitative estimate of drug-likeness (QED) is 0.745. The lowest BCUT2D eigenvalue weighted by atomic mass is 10.2. The van der Waals surface area contributed by atoms with Crippen LogP contribution in [0.15, 0.2) is 24.7 Å². The number of hydrogen-bond donors (Lipinski definition) is 0. The Kier molecular flexibility index (Phi) is 3.00. The van der Waals surface area contributed by atoms with Gasteiger partial charge in [0.25, 0.3) is 12.3 Å². The largest absolute Gasteiger partial charge is 0.283 e. The fourth-order valence-electron chi connectivity index (χ4n) is 2.55. The van der Waals surface area contributed by atoms with Crippen molar-refractivity contribution in [3.05, 3.63) is 47.2 Å². The summed E-state index contributed by atoms with van der Waals surface area (Å²) in [6.07, 6.45) is 3.57. The van der Waals surface area contributed by atoms with Crippen LogP contribution >= 0.6 is 0 Å². The minimum atomic E-state index is -2.69.